The standard InChI is InChI=1S/C16H14NO/c18-16-13-8-4-6-11-5-3-7-12(14(11)13)15(16)17-9-1-2-10-17/h3-8H,1-2,9-10H2/q+1. The second-order valence-electron chi connectivity index (χ2n) is 5.08. The molecule has 1 fully saturated rings. The average molecular weight is 236 g/mol. The van der Waals surface area contributed by atoms with Gasteiger partial charge in [0.25, 0.3) is 11.5 Å². The maximum atomic E-state index is 12.6. The van der Waals surface area contributed by atoms with Crippen LogP contribution < -0.4 is 0 Å². The summed E-state index contributed by atoms with van der Waals surface area (Å²) in [5.41, 5.74) is 2.94. The number of hydrogen-bond acceptors (Lipinski definition) is 1. The molecular formula is C16H14NO+. The Morgan fingerprint density at radius 3 is 2.28 bits per heavy atom. The maximum absolute atomic E-state index is 12.6. The molecule has 1 saturated heterocycles. The Morgan fingerprint density at radius 2 is 1.56 bits per heavy atom. The summed E-state index contributed by atoms with van der Waals surface area (Å²) in [6.45, 7) is 2.04. The number of benzene rings is 2. The number of ketones is 1. The van der Waals surface area contributed by atoms with Crippen LogP contribution in [-0.4, -0.2) is 29.2 Å². The van der Waals surface area contributed by atoms with E-state index in [0.717, 1.165) is 35.3 Å². The lowest BCUT2D eigenvalue weighted by atomic mass is 10.1. The minimum absolute atomic E-state index is 0.212. The predicted molar refractivity (Wildman–Crippen MR) is 71.6 cm³/mol. The Morgan fingerprint density at radius 1 is 0.889 bits per heavy atom. The number of rotatable bonds is 0. The van der Waals surface area contributed by atoms with Crippen molar-refractivity contribution < 1.29 is 9.37 Å². The van der Waals surface area contributed by atoms with Crippen LogP contribution in [0.15, 0.2) is 36.4 Å². The van der Waals surface area contributed by atoms with E-state index in [2.05, 4.69) is 28.8 Å². The van der Waals surface area contributed by atoms with Crippen LogP contribution >= 0.6 is 0 Å². The summed E-state index contributed by atoms with van der Waals surface area (Å²) >= 11 is 0. The van der Waals surface area contributed by atoms with Crippen LogP contribution in [-0.2, 0) is 0 Å². The van der Waals surface area contributed by atoms with Gasteiger partial charge in [-0.3, -0.25) is 4.79 Å². The van der Waals surface area contributed by atoms with Gasteiger partial charge >= 0.3 is 0 Å². The van der Waals surface area contributed by atoms with Gasteiger partial charge in [0, 0.05) is 23.8 Å². The molecule has 1 aliphatic heterocycles. The third-order valence-corrected chi connectivity index (χ3v) is 4.04. The monoisotopic (exact) mass is 236 g/mol. The Balaban J connectivity index is 2.11. The van der Waals surface area contributed by atoms with E-state index in [-0.39, 0.29) is 5.78 Å². The van der Waals surface area contributed by atoms with Crippen LogP contribution in [0.25, 0.3) is 10.8 Å². The summed E-state index contributed by atoms with van der Waals surface area (Å²) in [5.74, 6) is 0.212. The van der Waals surface area contributed by atoms with Crippen molar-refractivity contribution >= 4 is 22.3 Å². The van der Waals surface area contributed by atoms with Crippen LogP contribution in [0.4, 0.5) is 0 Å². The lowest BCUT2D eigenvalue weighted by molar-refractivity contribution is -0.504. The van der Waals surface area contributed by atoms with Gasteiger partial charge in [-0.2, -0.15) is 0 Å². The molecule has 0 saturated carbocycles. The third kappa shape index (κ3) is 1.18. The number of carbonyl (C=O) groups is 1. The molecule has 2 aromatic carbocycles. The molecule has 0 N–H and O–H groups in total. The molecule has 2 nitrogen and oxygen atoms in total. The summed E-state index contributed by atoms with van der Waals surface area (Å²) < 4.78 is 2.26. The van der Waals surface area contributed by atoms with Crippen molar-refractivity contribution in [3.63, 3.8) is 0 Å². The predicted octanol–water partition coefficient (Wildman–Crippen LogP) is 2.63. The van der Waals surface area contributed by atoms with E-state index in [1.807, 2.05) is 12.1 Å². The van der Waals surface area contributed by atoms with Crippen LogP contribution in [0.5, 0.6) is 0 Å². The SMILES string of the molecule is O=C1C(=[N+]2CCCC2)c2cccc3cccc1c23. The quantitative estimate of drug-likeness (QED) is 0.644. The zero-order chi connectivity index (χ0) is 12.1. The molecule has 18 heavy (non-hydrogen) atoms. The summed E-state index contributed by atoms with van der Waals surface area (Å²) in [6.07, 6.45) is 2.40. The van der Waals surface area contributed by atoms with Gasteiger partial charge in [0.05, 0.1) is 5.56 Å². The molecule has 0 amide bonds. The van der Waals surface area contributed by atoms with E-state index in [0.29, 0.717) is 0 Å². The molecule has 0 spiro atoms. The topological polar surface area (TPSA) is 20.1 Å². The van der Waals surface area contributed by atoms with Crippen molar-refractivity contribution in [1.29, 1.82) is 0 Å². The minimum atomic E-state index is 0.212. The molecule has 0 radical (unpaired) electrons. The number of nitrogens with zero attached hydrogens (tertiary/aromatic N) is 1. The van der Waals surface area contributed by atoms with E-state index in [1.54, 1.807) is 0 Å². The highest BCUT2D eigenvalue weighted by Gasteiger charge is 2.36. The molecule has 1 heterocycles. The molecule has 0 atom stereocenters. The Hall–Kier alpha value is -1.96. The summed E-state index contributed by atoms with van der Waals surface area (Å²) in [5, 5.41) is 2.32. The Bertz CT molecular complexity index is 699. The maximum Gasteiger partial charge on any atom is 0.257 e. The normalized spacial score (nSPS) is 18.1. The molecule has 0 aromatic heterocycles. The summed E-state index contributed by atoms with van der Waals surface area (Å²) in [4.78, 5) is 12.6. The van der Waals surface area contributed by atoms with Crippen molar-refractivity contribution in [2.75, 3.05) is 13.1 Å². The fourth-order valence-electron chi connectivity index (χ4n) is 3.23. The molecule has 0 unspecified atom stereocenters. The van der Waals surface area contributed by atoms with Gasteiger partial charge in [-0.15, -0.1) is 0 Å². The van der Waals surface area contributed by atoms with Crippen molar-refractivity contribution in [1.82, 2.24) is 0 Å². The molecule has 2 aliphatic rings. The molecule has 0 bridgehead atoms. The molecule has 1 aliphatic carbocycles. The first-order chi connectivity index (χ1) is 8.86. The zero-order valence-electron chi connectivity index (χ0n) is 10.1. The van der Waals surface area contributed by atoms with Gasteiger partial charge in [-0.1, -0.05) is 30.3 Å². The van der Waals surface area contributed by atoms with Gasteiger partial charge in [0.1, 0.15) is 13.1 Å². The highest BCUT2D eigenvalue weighted by Crippen LogP contribution is 2.31. The van der Waals surface area contributed by atoms with Crippen molar-refractivity contribution in [3.8, 4) is 0 Å². The average Bonchev–Trinajstić information content (AvgIpc) is 3.00. The van der Waals surface area contributed by atoms with Gasteiger partial charge < -0.3 is 0 Å². The minimum Gasteiger partial charge on any atom is -0.282 e. The smallest absolute Gasteiger partial charge is 0.257 e. The van der Waals surface area contributed by atoms with Gasteiger partial charge in [-0.05, 0) is 11.5 Å². The lowest BCUT2D eigenvalue weighted by Gasteiger charge is -1.99. The first-order valence-electron chi connectivity index (χ1n) is 6.55. The second-order valence-corrected chi connectivity index (χ2v) is 5.08. The van der Waals surface area contributed by atoms with Gasteiger partial charge in [0.2, 0.25) is 0 Å². The molecular weight excluding hydrogens is 222 g/mol. The zero-order valence-corrected chi connectivity index (χ0v) is 10.1. The lowest BCUT2D eigenvalue weighted by Crippen LogP contribution is -2.24. The second kappa shape index (κ2) is 3.52. The van der Waals surface area contributed by atoms with Crippen molar-refractivity contribution in [2.45, 2.75) is 12.8 Å². The number of Topliss-reactive ketones (excluding diaryl/α,β-unsaturated/α-hetero) is 1. The molecule has 2 aromatic rings. The van der Waals surface area contributed by atoms with E-state index >= 15 is 0 Å². The van der Waals surface area contributed by atoms with Crippen LogP contribution in [0.1, 0.15) is 28.8 Å². The van der Waals surface area contributed by atoms with E-state index < -0.39 is 0 Å². The molecule has 4 rings (SSSR count). The van der Waals surface area contributed by atoms with Crippen LogP contribution in [0.3, 0.4) is 0 Å². The molecule has 2 heteroatoms. The Kier molecular flexibility index (Phi) is 1.95. The van der Waals surface area contributed by atoms with Crippen molar-refractivity contribution in [2.24, 2.45) is 0 Å². The Labute approximate surface area is 106 Å². The van der Waals surface area contributed by atoms with Crippen LogP contribution in [0.2, 0.25) is 0 Å². The number of hydrogen-bond donors (Lipinski definition) is 0. The summed E-state index contributed by atoms with van der Waals surface area (Å²) in [7, 11) is 0. The van der Waals surface area contributed by atoms with E-state index in [4.69, 9.17) is 0 Å². The first-order valence-corrected chi connectivity index (χ1v) is 6.55. The fourth-order valence-corrected chi connectivity index (χ4v) is 3.23. The first kappa shape index (κ1) is 10.0. The summed E-state index contributed by atoms with van der Waals surface area (Å²) in [6, 6.07) is 12.2. The highest BCUT2D eigenvalue weighted by atomic mass is 16.1. The van der Waals surface area contributed by atoms with Crippen molar-refractivity contribution in [3.05, 3.63) is 47.5 Å². The largest absolute Gasteiger partial charge is 0.282 e. The van der Waals surface area contributed by atoms with Gasteiger partial charge in [0.15, 0.2) is 0 Å². The highest BCUT2D eigenvalue weighted by molar-refractivity contribution is 6.57. The fraction of sp³-hybridized carbons (Fsp3) is 0.250. The van der Waals surface area contributed by atoms with Crippen LogP contribution in [0, 0.1) is 0 Å². The number of carbonyl (C=O) groups excluding carboxylic acids is 1. The van der Waals surface area contributed by atoms with E-state index in [1.165, 1.54) is 18.2 Å². The third-order valence-electron chi connectivity index (χ3n) is 4.04. The molecule has 88 valence electrons. The van der Waals surface area contributed by atoms with E-state index in [9.17, 15) is 4.79 Å². The van der Waals surface area contributed by atoms with Gasteiger partial charge in [-0.25, -0.2) is 4.58 Å².